The second-order valence-corrected chi connectivity index (χ2v) is 8.78. The molecule has 1 aliphatic heterocycles. The van der Waals surface area contributed by atoms with E-state index in [1.165, 1.54) is 0 Å². The van der Waals surface area contributed by atoms with Gasteiger partial charge < -0.3 is 9.64 Å². The molecule has 0 saturated carbocycles. The van der Waals surface area contributed by atoms with E-state index in [0.29, 0.717) is 12.1 Å². The fourth-order valence-corrected chi connectivity index (χ4v) is 4.67. The summed E-state index contributed by atoms with van der Waals surface area (Å²) in [5, 5.41) is 0.759. The van der Waals surface area contributed by atoms with Gasteiger partial charge in [0.2, 0.25) is 0 Å². The molecule has 0 spiro atoms. The molecule has 0 aliphatic carbocycles. The van der Waals surface area contributed by atoms with Crippen LogP contribution in [0.1, 0.15) is 15.9 Å². The third kappa shape index (κ3) is 4.48. The number of para-hydroxylation sites is 1. The van der Waals surface area contributed by atoms with Gasteiger partial charge in [0.15, 0.2) is 5.13 Å². The molecular weight excluding hydrogens is 396 g/mol. The molecule has 6 nitrogen and oxygen atoms in total. The summed E-state index contributed by atoms with van der Waals surface area (Å²) in [4.78, 5) is 24.5. The third-order valence-corrected chi connectivity index (χ3v) is 6.50. The molecule has 4 rings (SSSR count). The number of anilines is 2. The van der Waals surface area contributed by atoms with Gasteiger partial charge in [-0.25, -0.2) is 4.98 Å². The number of aromatic nitrogens is 1. The van der Waals surface area contributed by atoms with Gasteiger partial charge in [-0.2, -0.15) is 0 Å². The first-order chi connectivity index (χ1) is 14.5. The van der Waals surface area contributed by atoms with E-state index in [2.05, 4.69) is 24.0 Å². The number of carbonyl (C=O) groups is 1. The SMILES string of the molecule is Cc1cccc2sc(N(CCN3CCOCC3)C(=O)c3ccc(N(C)C)cc3)nc12. The molecular formula is C23H28N4O2S. The summed E-state index contributed by atoms with van der Waals surface area (Å²) in [6.45, 7) is 6.77. The van der Waals surface area contributed by atoms with E-state index in [0.717, 1.165) is 59.4 Å². The topological polar surface area (TPSA) is 48.9 Å². The summed E-state index contributed by atoms with van der Waals surface area (Å²) in [5.74, 6) is -0.00900. The smallest absolute Gasteiger partial charge is 0.260 e. The number of hydrogen-bond donors (Lipinski definition) is 0. The Morgan fingerprint density at radius 3 is 2.53 bits per heavy atom. The molecule has 2 aromatic carbocycles. The van der Waals surface area contributed by atoms with Crippen molar-refractivity contribution in [2.45, 2.75) is 6.92 Å². The van der Waals surface area contributed by atoms with Crippen LogP contribution in [0.25, 0.3) is 10.2 Å². The van der Waals surface area contributed by atoms with Gasteiger partial charge in [0, 0.05) is 51.5 Å². The highest BCUT2D eigenvalue weighted by Crippen LogP contribution is 2.31. The quantitative estimate of drug-likeness (QED) is 0.605. The molecule has 2 heterocycles. The first-order valence-corrected chi connectivity index (χ1v) is 11.1. The second-order valence-electron chi connectivity index (χ2n) is 7.77. The molecule has 1 amide bonds. The van der Waals surface area contributed by atoms with Crippen LogP contribution in [0.15, 0.2) is 42.5 Å². The minimum atomic E-state index is -0.00900. The van der Waals surface area contributed by atoms with E-state index < -0.39 is 0 Å². The van der Waals surface area contributed by atoms with Crippen molar-refractivity contribution in [2.24, 2.45) is 0 Å². The van der Waals surface area contributed by atoms with Crippen molar-refractivity contribution >= 4 is 38.3 Å². The van der Waals surface area contributed by atoms with Crippen LogP contribution in [0, 0.1) is 6.92 Å². The van der Waals surface area contributed by atoms with Gasteiger partial charge in [0.1, 0.15) is 0 Å². The highest BCUT2D eigenvalue weighted by atomic mass is 32.1. The summed E-state index contributed by atoms with van der Waals surface area (Å²) in [6.07, 6.45) is 0. The number of benzene rings is 2. The van der Waals surface area contributed by atoms with Gasteiger partial charge in [0.05, 0.1) is 23.4 Å². The minimum absolute atomic E-state index is 0.00900. The van der Waals surface area contributed by atoms with Gasteiger partial charge in [-0.1, -0.05) is 23.5 Å². The molecule has 1 aromatic heterocycles. The molecule has 0 unspecified atom stereocenters. The molecule has 1 fully saturated rings. The molecule has 158 valence electrons. The summed E-state index contributed by atoms with van der Waals surface area (Å²) in [7, 11) is 3.99. The predicted molar refractivity (Wildman–Crippen MR) is 124 cm³/mol. The van der Waals surface area contributed by atoms with Crippen molar-refractivity contribution in [3.8, 4) is 0 Å². The molecule has 7 heteroatoms. The van der Waals surface area contributed by atoms with Crippen molar-refractivity contribution in [2.75, 3.05) is 63.3 Å². The number of hydrogen-bond acceptors (Lipinski definition) is 6. The highest BCUT2D eigenvalue weighted by molar-refractivity contribution is 7.22. The van der Waals surface area contributed by atoms with Gasteiger partial charge in [-0.05, 0) is 42.8 Å². The van der Waals surface area contributed by atoms with E-state index in [1.807, 2.05) is 54.2 Å². The fraction of sp³-hybridized carbons (Fsp3) is 0.391. The Morgan fingerprint density at radius 1 is 1.13 bits per heavy atom. The first kappa shape index (κ1) is 20.8. The van der Waals surface area contributed by atoms with Crippen LogP contribution in [-0.4, -0.2) is 69.3 Å². The Kier molecular flexibility index (Phi) is 6.32. The Hall–Kier alpha value is -2.48. The maximum atomic E-state index is 13.5. The number of nitrogens with zero attached hydrogens (tertiary/aromatic N) is 4. The zero-order valence-corrected chi connectivity index (χ0v) is 18.6. The molecule has 1 saturated heterocycles. The molecule has 0 atom stereocenters. The average molecular weight is 425 g/mol. The number of carbonyl (C=O) groups excluding carboxylic acids is 1. The summed E-state index contributed by atoms with van der Waals surface area (Å²) in [6, 6.07) is 13.9. The van der Waals surface area contributed by atoms with Crippen molar-refractivity contribution in [3.05, 3.63) is 53.6 Å². The molecule has 30 heavy (non-hydrogen) atoms. The van der Waals surface area contributed by atoms with Gasteiger partial charge in [-0.3, -0.25) is 14.6 Å². The van der Waals surface area contributed by atoms with E-state index in [4.69, 9.17) is 9.72 Å². The number of ether oxygens (including phenoxy) is 1. The maximum absolute atomic E-state index is 13.5. The van der Waals surface area contributed by atoms with Crippen molar-refractivity contribution in [1.29, 1.82) is 0 Å². The molecule has 0 bridgehead atoms. The molecule has 0 radical (unpaired) electrons. The second kappa shape index (κ2) is 9.12. The highest BCUT2D eigenvalue weighted by Gasteiger charge is 2.23. The number of morpholine rings is 1. The average Bonchev–Trinajstić information content (AvgIpc) is 3.20. The zero-order valence-electron chi connectivity index (χ0n) is 17.8. The van der Waals surface area contributed by atoms with Crippen LogP contribution < -0.4 is 9.80 Å². The van der Waals surface area contributed by atoms with Crippen LogP contribution in [-0.2, 0) is 4.74 Å². The van der Waals surface area contributed by atoms with Crippen LogP contribution in [0.2, 0.25) is 0 Å². The zero-order chi connectivity index (χ0) is 21.1. The van der Waals surface area contributed by atoms with Gasteiger partial charge in [-0.15, -0.1) is 0 Å². The number of aryl methyl sites for hydroxylation is 1. The fourth-order valence-electron chi connectivity index (χ4n) is 3.60. The largest absolute Gasteiger partial charge is 0.379 e. The monoisotopic (exact) mass is 424 g/mol. The van der Waals surface area contributed by atoms with E-state index >= 15 is 0 Å². The van der Waals surface area contributed by atoms with Crippen LogP contribution in [0.5, 0.6) is 0 Å². The maximum Gasteiger partial charge on any atom is 0.260 e. The Balaban J connectivity index is 1.63. The number of amides is 1. The van der Waals surface area contributed by atoms with E-state index in [-0.39, 0.29) is 5.91 Å². The lowest BCUT2D eigenvalue weighted by Gasteiger charge is -2.29. The lowest BCUT2D eigenvalue weighted by molar-refractivity contribution is 0.0391. The van der Waals surface area contributed by atoms with Crippen molar-refractivity contribution in [1.82, 2.24) is 9.88 Å². The van der Waals surface area contributed by atoms with Crippen molar-refractivity contribution in [3.63, 3.8) is 0 Å². The Bertz CT molecular complexity index is 1010. The predicted octanol–water partition coefficient (Wildman–Crippen LogP) is 3.65. The molecule has 0 N–H and O–H groups in total. The van der Waals surface area contributed by atoms with Crippen LogP contribution >= 0.6 is 11.3 Å². The van der Waals surface area contributed by atoms with Crippen LogP contribution in [0.4, 0.5) is 10.8 Å². The Labute approximate surface area is 181 Å². The number of thiazole rings is 1. The molecule has 3 aromatic rings. The number of fused-ring (bicyclic) bond motifs is 1. The summed E-state index contributed by atoms with van der Waals surface area (Å²) >= 11 is 1.58. The summed E-state index contributed by atoms with van der Waals surface area (Å²) < 4.78 is 6.56. The lowest BCUT2D eigenvalue weighted by atomic mass is 10.1. The Morgan fingerprint density at radius 2 is 1.87 bits per heavy atom. The lowest BCUT2D eigenvalue weighted by Crippen LogP contribution is -2.43. The van der Waals surface area contributed by atoms with Crippen LogP contribution in [0.3, 0.4) is 0 Å². The summed E-state index contributed by atoms with van der Waals surface area (Å²) in [5.41, 5.74) is 3.86. The first-order valence-electron chi connectivity index (χ1n) is 10.3. The van der Waals surface area contributed by atoms with E-state index in [1.54, 1.807) is 11.3 Å². The molecule has 1 aliphatic rings. The minimum Gasteiger partial charge on any atom is -0.379 e. The van der Waals surface area contributed by atoms with Gasteiger partial charge in [0.25, 0.3) is 5.91 Å². The van der Waals surface area contributed by atoms with E-state index in [9.17, 15) is 4.79 Å². The van der Waals surface area contributed by atoms with Gasteiger partial charge >= 0.3 is 0 Å². The number of rotatable bonds is 6. The standard InChI is InChI=1S/C23H28N4O2S/c1-17-5-4-6-20-21(17)24-23(30-20)27(12-11-26-13-15-29-16-14-26)22(28)18-7-9-19(10-8-18)25(2)3/h4-10H,11-16H2,1-3H3. The third-order valence-electron chi connectivity index (χ3n) is 5.46. The normalized spacial score (nSPS) is 14.8. The van der Waals surface area contributed by atoms with Crippen molar-refractivity contribution < 1.29 is 9.53 Å².